The van der Waals surface area contributed by atoms with E-state index in [0.29, 0.717) is 29.5 Å². The monoisotopic (exact) mass is 366 g/mol. The zero-order valence-corrected chi connectivity index (χ0v) is 16.0. The van der Waals surface area contributed by atoms with E-state index in [4.69, 9.17) is 4.74 Å². The van der Waals surface area contributed by atoms with E-state index in [-0.39, 0.29) is 18.4 Å². The highest BCUT2D eigenvalue weighted by Gasteiger charge is 2.13. The Morgan fingerprint density at radius 3 is 2.63 bits per heavy atom. The van der Waals surface area contributed by atoms with Crippen LogP contribution in [-0.2, 0) is 4.79 Å². The predicted molar refractivity (Wildman–Crippen MR) is 108 cm³/mol. The lowest BCUT2D eigenvalue weighted by molar-refractivity contribution is -0.118. The lowest BCUT2D eigenvalue weighted by Crippen LogP contribution is -2.26. The summed E-state index contributed by atoms with van der Waals surface area (Å²) in [6.07, 6.45) is 1.60. The van der Waals surface area contributed by atoms with Crippen molar-refractivity contribution >= 4 is 17.5 Å². The zero-order valence-electron chi connectivity index (χ0n) is 16.0. The lowest BCUT2D eigenvalue weighted by atomic mass is 10.0. The van der Waals surface area contributed by atoms with E-state index in [1.807, 2.05) is 19.1 Å². The number of rotatable bonds is 8. The van der Waals surface area contributed by atoms with Gasteiger partial charge in [0.05, 0.1) is 11.3 Å². The minimum absolute atomic E-state index is 0.134. The number of para-hydroxylation sites is 1. The number of nitrogens with one attached hydrogen (secondary N) is 2. The molecule has 0 aromatic heterocycles. The maximum absolute atomic E-state index is 12.3. The first kappa shape index (κ1) is 20.2. The Labute approximate surface area is 160 Å². The molecule has 2 rings (SSSR count). The van der Waals surface area contributed by atoms with E-state index in [2.05, 4.69) is 37.1 Å². The average Bonchev–Trinajstić information content (AvgIpc) is 2.65. The fourth-order valence-corrected chi connectivity index (χ4v) is 2.51. The van der Waals surface area contributed by atoms with Crippen LogP contribution < -0.4 is 15.4 Å². The number of benzene rings is 2. The summed E-state index contributed by atoms with van der Waals surface area (Å²) in [4.78, 5) is 24.5. The van der Waals surface area contributed by atoms with Crippen molar-refractivity contribution in [3.05, 3.63) is 71.8 Å². The second kappa shape index (κ2) is 9.57. The van der Waals surface area contributed by atoms with Gasteiger partial charge in [0.25, 0.3) is 11.8 Å². The predicted octanol–water partition coefficient (Wildman–Crippen LogP) is 4.05. The molecule has 5 heteroatoms. The molecule has 27 heavy (non-hydrogen) atoms. The van der Waals surface area contributed by atoms with Crippen LogP contribution in [0, 0.1) is 6.92 Å². The molecule has 0 saturated carbocycles. The molecule has 5 nitrogen and oxygen atoms in total. The van der Waals surface area contributed by atoms with Gasteiger partial charge in [-0.05, 0) is 42.2 Å². The summed E-state index contributed by atoms with van der Waals surface area (Å²) in [7, 11) is 0. The molecule has 2 aromatic carbocycles. The summed E-state index contributed by atoms with van der Waals surface area (Å²) in [6, 6.07) is 12.9. The number of hydrogen-bond acceptors (Lipinski definition) is 3. The van der Waals surface area contributed by atoms with Gasteiger partial charge in [0.15, 0.2) is 6.61 Å². The first-order valence-corrected chi connectivity index (χ1v) is 8.93. The van der Waals surface area contributed by atoms with E-state index >= 15 is 0 Å². The Bertz CT molecular complexity index is 828. The van der Waals surface area contributed by atoms with Gasteiger partial charge in [0.1, 0.15) is 5.75 Å². The van der Waals surface area contributed by atoms with Crippen molar-refractivity contribution in [1.82, 2.24) is 5.32 Å². The zero-order chi connectivity index (χ0) is 19.8. The van der Waals surface area contributed by atoms with Gasteiger partial charge in [0, 0.05) is 6.54 Å². The van der Waals surface area contributed by atoms with Crippen molar-refractivity contribution in [2.24, 2.45) is 0 Å². The number of aryl methyl sites for hydroxylation is 1. The van der Waals surface area contributed by atoms with Crippen LogP contribution in [0.1, 0.15) is 41.3 Å². The van der Waals surface area contributed by atoms with Crippen LogP contribution in [0.15, 0.2) is 55.1 Å². The summed E-state index contributed by atoms with van der Waals surface area (Å²) in [5, 5.41) is 5.45. The Balaban J connectivity index is 2.04. The molecule has 0 spiro atoms. The van der Waals surface area contributed by atoms with Crippen molar-refractivity contribution in [2.75, 3.05) is 18.5 Å². The number of hydrogen-bond donors (Lipinski definition) is 2. The molecule has 0 bridgehead atoms. The van der Waals surface area contributed by atoms with Gasteiger partial charge in [-0.3, -0.25) is 9.59 Å². The van der Waals surface area contributed by atoms with Gasteiger partial charge in [-0.15, -0.1) is 6.58 Å². The molecule has 2 aromatic rings. The van der Waals surface area contributed by atoms with Crippen molar-refractivity contribution in [1.29, 1.82) is 0 Å². The standard InChI is InChI=1S/C22H26N2O3/c1-5-12-23-22(26)18-8-6-7-9-19(18)24-21(25)14-27-20-13-17(15(2)3)11-10-16(20)4/h5-11,13,15H,1,12,14H2,2-4H3,(H,23,26)(H,24,25). The Hall–Kier alpha value is -3.08. The molecule has 0 aliphatic heterocycles. The van der Waals surface area contributed by atoms with Crippen molar-refractivity contribution in [3.8, 4) is 5.75 Å². The SMILES string of the molecule is C=CCNC(=O)c1ccccc1NC(=O)COc1cc(C(C)C)ccc1C. The first-order valence-electron chi connectivity index (χ1n) is 8.93. The highest BCUT2D eigenvalue weighted by atomic mass is 16.5. The largest absolute Gasteiger partial charge is 0.483 e. The molecule has 2 N–H and O–H groups in total. The molecule has 0 aliphatic rings. The van der Waals surface area contributed by atoms with Gasteiger partial charge in [-0.1, -0.05) is 44.2 Å². The second-order valence-corrected chi connectivity index (χ2v) is 6.56. The third-order valence-corrected chi connectivity index (χ3v) is 4.09. The molecule has 0 aliphatic carbocycles. The summed E-state index contributed by atoms with van der Waals surface area (Å²) in [5.41, 5.74) is 2.96. The van der Waals surface area contributed by atoms with Crippen molar-refractivity contribution in [2.45, 2.75) is 26.7 Å². The highest BCUT2D eigenvalue weighted by Crippen LogP contribution is 2.24. The van der Waals surface area contributed by atoms with Gasteiger partial charge < -0.3 is 15.4 Å². The fraction of sp³-hybridized carbons (Fsp3) is 0.273. The molecular weight excluding hydrogens is 340 g/mol. The Kier molecular flexibility index (Phi) is 7.17. The minimum Gasteiger partial charge on any atom is -0.483 e. The molecular formula is C22H26N2O3. The first-order chi connectivity index (χ1) is 12.9. The number of ether oxygens (including phenoxy) is 1. The molecule has 142 valence electrons. The molecule has 0 saturated heterocycles. The quantitative estimate of drug-likeness (QED) is 0.693. The summed E-state index contributed by atoms with van der Waals surface area (Å²) in [6.45, 7) is 9.95. The molecule has 0 fully saturated rings. The normalized spacial score (nSPS) is 10.4. The van der Waals surface area contributed by atoms with Crippen LogP contribution in [0.2, 0.25) is 0 Å². The van der Waals surface area contributed by atoms with Gasteiger partial charge in [-0.2, -0.15) is 0 Å². The molecule has 2 amide bonds. The van der Waals surface area contributed by atoms with Crippen LogP contribution in [0.3, 0.4) is 0 Å². The topological polar surface area (TPSA) is 67.4 Å². The fourth-order valence-electron chi connectivity index (χ4n) is 2.51. The molecule has 0 heterocycles. The lowest BCUT2D eigenvalue weighted by Gasteiger charge is -2.14. The number of amides is 2. The molecule has 0 atom stereocenters. The average molecular weight is 366 g/mol. The number of carbonyl (C=O) groups excluding carboxylic acids is 2. The number of carbonyl (C=O) groups is 2. The minimum atomic E-state index is -0.326. The van der Waals surface area contributed by atoms with Gasteiger partial charge in [0.2, 0.25) is 0 Å². The number of anilines is 1. The van der Waals surface area contributed by atoms with E-state index < -0.39 is 0 Å². The van der Waals surface area contributed by atoms with E-state index in [0.717, 1.165) is 11.1 Å². The Morgan fingerprint density at radius 2 is 1.93 bits per heavy atom. The summed E-state index contributed by atoms with van der Waals surface area (Å²) in [5.74, 6) is 0.469. The molecule has 0 unspecified atom stereocenters. The third kappa shape index (κ3) is 5.71. The Morgan fingerprint density at radius 1 is 1.19 bits per heavy atom. The highest BCUT2D eigenvalue weighted by molar-refractivity contribution is 6.04. The van der Waals surface area contributed by atoms with Gasteiger partial charge >= 0.3 is 0 Å². The van der Waals surface area contributed by atoms with Crippen molar-refractivity contribution in [3.63, 3.8) is 0 Å². The maximum Gasteiger partial charge on any atom is 0.262 e. The van der Waals surface area contributed by atoms with Crippen LogP contribution in [-0.4, -0.2) is 25.0 Å². The van der Waals surface area contributed by atoms with Gasteiger partial charge in [-0.25, -0.2) is 0 Å². The van der Waals surface area contributed by atoms with E-state index in [9.17, 15) is 9.59 Å². The van der Waals surface area contributed by atoms with Crippen LogP contribution >= 0.6 is 0 Å². The van der Waals surface area contributed by atoms with Crippen LogP contribution in [0.25, 0.3) is 0 Å². The van der Waals surface area contributed by atoms with Crippen LogP contribution in [0.4, 0.5) is 5.69 Å². The van der Waals surface area contributed by atoms with Crippen LogP contribution in [0.5, 0.6) is 5.75 Å². The second-order valence-electron chi connectivity index (χ2n) is 6.56. The maximum atomic E-state index is 12.3. The summed E-state index contributed by atoms with van der Waals surface area (Å²) < 4.78 is 5.70. The smallest absolute Gasteiger partial charge is 0.262 e. The van der Waals surface area contributed by atoms with Crippen molar-refractivity contribution < 1.29 is 14.3 Å². The van der Waals surface area contributed by atoms with E-state index in [1.54, 1.807) is 30.3 Å². The summed E-state index contributed by atoms with van der Waals surface area (Å²) >= 11 is 0. The van der Waals surface area contributed by atoms with E-state index in [1.165, 1.54) is 0 Å². The molecule has 0 radical (unpaired) electrons. The third-order valence-electron chi connectivity index (χ3n) is 4.09.